The molecule has 0 saturated heterocycles. The van der Waals surface area contributed by atoms with E-state index in [0.29, 0.717) is 29.8 Å². The molecular formula is C18H18ClN5O2. The van der Waals surface area contributed by atoms with Gasteiger partial charge in [0.05, 0.1) is 6.54 Å². The maximum absolute atomic E-state index is 12.4. The molecule has 1 aromatic carbocycles. The Morgan fingerprint density at radius 3 is 2.85 bits per heavy atom. The van der Waals surface area contributed by atoms with Crippen molar-refractivity contribution in [2.24, 2.45) is 23.2 Å². The van der Waals surface area contributed by atoms with Gasteiger partial charge in [0.1, 0.15) is 0 Å². The van der Waals surface area contributed by atoms with Crippen LogP contribution in [0.15, 0.2) is 50.3 Å². The molecule has 0 atom stereocenters. The van der Waals surface area contributed by atoms with E-state index in [0.717, 1.165) is 33.9 Å². The lowest BCUT2D eigenvalue weighted by Crippen LogP contribution is -2.37. The van der Waals surface area contributed by atoms with E-state index in [1.165, 1.54) is 17.7 Å². The van der Waals surface area contributed by atoms with Crippen molar-refractivity contribution in [3.05, 3.63) is 61.9 Å². The minimum atomic E-state index is -0.380. The summed E-state index contributed by atoms with van der Waals surface area (Å²) in [5.41, 5.74) is 1.19. The Hall–Kier alpha value is -2.67. The smallest absolute Gasteiger partial charge is 0.332 e. The zero-order valence-electron chi connectivity index (χ0n) is 14.3. The van der Waals surface area contributed by atoms with Gasteiger partial charge in [-0.2, -0.15) is 5.11 Å². The third-order valence-electron chi connectivity index (χ3n) is 4.66. The van der Waals surface area contributed by atoms with Crippen LogP contribution >= 0.6 is 11.6 Å². The number of fused-ring (bicyclic) bond motifs is 1. The molecule has 1 aliphatic carbocycles. The number of hydrogen-bond acceptors (Lipinski definition) is 4. The molecule has 1 saturated carbocycles. The van der Waals surface area contributed by atoms with Gasteiger partial charge in [0.15, 0.2) is 5.82 Å². The number of rotatable bonds is 5. The molecule has 7 nitrogen and oxygen atoms in total. The zero-order chi connectivity index (χ0) is 18.3. The van der Waals surface area contributed by atoms with Crippen LogP contribution in [-0.2, 0) is 20.1 Å². The lowest BCUT2D eigenvalue weighted by molar-refractivity contribution is 0.560. The van der Waals surface area contributed by atoms with Crippen LogP contribution in [0.25, 0.3) is 10.9 Å². The van der Waals surface area contributed by atoms with Gasteiger partial charge in [-0.25, -0.2) is 4.79 Å². The van der Waals surface area contributed by atoms with Gasteiger partial charge in [-0.05, 0) is 37.0 Å². The highest BCUT2D eigenvalue weighted by atomic mass is 35.5. The number of aromatic nitrogens is 3. The first-order valence-electron chi connectivity index (χ1n) is 8.47. The predicted molar refractivity (Wildman–Crippen MR) is 100 cm³/mol. The molecule has 0 spiro atoms. The van der Waals surface area contributed by atoms with Crippen LogP contribution in [0.5, 0.6) is 0 Å². The molecule has 2 aromatic heterocycles. The number of H-pyrrole nitrogens is 1. The molecule has 0 radical (unpaired) electrons. The summed E-state index contributed by atoms with van der Waals surface area (Å²) in [5.74, 6) is 0.790. The second-order valence-corrected chi connectivity index (χ2v) is 7.08. The van der Waals surface area contributed by atoms with E-state index >= 15 is 0 Å². The molecule has 1 aliphatic rings. The largest absolute Gasteiger partial charge is 0.361 e. The van der Waals surface area contributed by atoms with Crippen molar-refractivity contribution in [1.82, 2.24) is 14.1 Å². The second kappa shape index (κ2) is 6.57. The van der Waals surface area contributed by atoms with E-state index < -0.39 is 0 Å². The van der Waals surface area contributed by atoms with Crippen LogP contribution in [0, 0.1) is 5.92 Å². The van der Waals surface area contributed by atoms with Gasteiger partial charge in [-0.1, -0.05) is 11.6 Å². The highest BCUT2D eigenvalue weighted by Gasteiger charge is 2.24. The first-order chi connectivity index (χ1) is 12.5. The fourth-order valence-corrected chi connectivity index (χ4v) is 3.11. The average molecular weight is 372 g/mol. The van der Waals surface area contributed by atoms with Crippen molar-refractivity contribution >= 4 is 28.3 Å². The summed E-state index contributed by atoms with van der Waals surface area (Å²) in [6, 6.07) is 6.97. The molecule has 0 unspecified atom stereocenters. The number of halogens is 1. The summed E-state index contributed by atoms with van der Waals surface area (Å²) >= 11 is 6.06. The number of aromatic amines is 1. The topological polar surface area (TPSA) is 84.5 Å². The summed E-state index contributed by atoms with van der Waals surface area (Å²) < 4.78 is 2.64. The first-order valence-corrected chi connectivity index (χ1v) is 8.84. The minimum Gasteiger partial charge on any atom is -0.361 e. The molecule has 4 rings (SSSR count). The number of azo groups is 1. The molecule has 0 amide bonds. The van der Waals surface area contributed by atoms with Crippen molar-refractivity contribution in [3.63, 3.8) is 0 Å². The van der Waals surface area contributed by atoms with Crippen LogP contribution < -0.4 is 11.2 Å². The van der Waals surface area contributed by atoms with Gasteiger partial charge < -0.3 is 4.98 Å². The minimum absolute atomic E-state index is 0.308. The molecule has 3 aromatic rings. The van der Waals surface area contributed by atoms with E-state index in [-0.39, 0.29) is 11.2 Å². The zero-order valence-corrected chi connectivity index (χ0v) is 15.0. The van der Waals surface area contributed by atoms with Crippen molar-refractivity contribution in [1.29, 1.82) is 0 Å². The Morgan fingerprint density at radius 1 is 1.27 bits per heavy atom. The molecule has 1 N–H and O–H groups in total. The summed E-state index contributed by atoms with van der Waals surface area (Å²) in [4.78, 5) is 27.5. The van der Waals surface area contributed by atoms with Crippen LogP contribution in [0.3, 0.4) is 0 Å². The highest BCUT2D eigenvalue weighted by Crippen LogP contribution is 2.31. The quantitative estimate of drug-likeness (QED) is 0.697. The van der Waals surface area contributed by atoms with Crippen LogP contribution in [0.1, 0.15) is 18.4 Å². The maximum Gasteiger partial charge on any atom is 0.332 e. The third kappa shape index (κ3) is 3.22. The highest BCUT2D eigenvalue weighted by molar-refractivity contribution is 6.31. The molecular weight excluding hydrogens is 354 g/mol. The van der Waals surface area contributed by atoms with Crippen molar-refractivity contribution in [2.75, 3.05) is 0 Å². The van der Waals surface area contributed by atoms with E-state index in [4.69, 9.17) is 11.6 Å². The Kier molecular flexibility index (Phi) is 4.24. The van der Waals surface area contributed by atoms with Crippen molar-refractivity contribution in [2.45, 2.75) is 25.9 Å². The molecule has 8 heteroatoms. The summed E-state index contributed by atoms with van der Waals surface area (Å²) in [5, 5.41) is 10.0. The van der Waals surface area contributed by atoms with Gasteiger partial charge >= 0.3 is 5.69 Å². The lowest BCUT2D eigenvalue weighted by Gasteiger charge is -2.09. The Bertz CT molecular complexity index is 1120. The molecule has 0 aliphatic heterocycles. The lowest BCUT2D eigenvalue weighted by atomic mass is 10.2. The van der Waals surface area contributed by atoms with E-state index in [1.807, 2.05) is 24.4 Å². The fraction of sp³-hybridized carbons (Fsp3) is 0.333. The predicted octanol–water partition coefficient (Wildman–Crippen LogP) is 3.38. The van der Waals surface area contributed by atoms with Gasteiger partial charge in [0.2, 0.25) is 0 Å². The van der Waals surface area contributed by atoms with Gasteiger partial charge in [-0.3, -0.25) is 13.9 Å². The van der Waals surface area contributed by atoms with E-state index in [1.54, 1.807) is 0 Å². The SMILES string of the molecule is Cn1c(=O)cc(N=NCc2c[nH]c3ccc(Cl)cc23)n(CC2CC2)c1=O. The normalized spacial score (nSPS) is 14.5. The standard InChI is InChI=1S/C18H18ClN5O2/c1-23-17(25)7-16(24(18(23)26)10-11-2-3-11)22-21-9-12-8-20-15-5-4-13(19)6-14(12)15/h4-8,11,20H,2-3,9-10H2,1H3. The summed E-state index contributed by atoms with van der Waals surface area (Å²) in [6.07, 6.45) is 4.06. The maximum atomic E-state index is 12.4. The molecule has 0 bridgehead atoms. The van der Waals surface area contributed by atoms with Crippen molar-refractivity contribution in [3.8, 4) is 0 Å². The fourth-order valence-electron chi connectivity index (χ4n) is 2.94. The van der Waals surface area contributed by atoms with Crippen LogP contribution in [-0.4, -0.2) is 14.1 Å². The van der Waals surface area contributed by atoms with Gasteiger partial charge in [-0.15, -0.1) is 5.11 Å². The average Bonchev–Trinajstić information content (AvgIpc) is 3.36. The van der Waals surface area contributed by atoms with Crippen LogP contribution in [0.4, 0.5) is 5.82 Å². The summed E-state index contributed by atoms with van der Waals surface area (Å²) in [7, 11) is 1.48. The second-order valence-electron chi connectivity index (χ2n) is 6.64. The molecule has 1 fully saturated rings. The molecule has 2 heterocycles. The Morgan fingerprint density at radius 2 is 2.08 bits per heavy atom. The van der Waals surface area contributed by atoms with Crippen LogP contribution in [0.2, 0.25) is 5.02 Å². The van der Waals surface area contributed by atoms with Gasteiger partial charge in [0.25, 0.3) is 5.56 Å². The van der Waals surface area contributed by atoms with Crippen molar-refractivity contribution < 1.29 is 0 Å². The molecule has 26 heavy (non-hydrogen) atoms. The Labute approximate surface area is 153 Å². The summed E-state index contributed by atoms with van der Waals surface area (Å²) in [6.45, 7) is 0.900. The monoisotopic (exact) mass is 371 g/mol. The van der Waals surface area contributed by atoms with E-state index in [2.05, 4.69) is 15.2 Å². The Balaban J connectivity index is 1.64. The number of benzene rings is 1. The van der Waals surface area contributed by atoms with E-state index in [9.17, 15) is 9.59 Å². The number of hydrogen-bond donors (Lipinski definition) is 1. The number of nitrogens with one attached hydrogen (secondary N) is 1. The van der Waals surface area contributed by atoms with Gasteiger partial charge in [0, 0.05) is 47.3 Å². The molecule has 134 valence electrons. The first kappa shape index (κ1) is 16.8. The number of nitrogens with zero attached hydrogens (tertiary/aromatic N) is 4. The third-order valence-corrected chi connectivity index (χ3v) is 4.89.